The zero-order chi connectivity index (χ0) is 14.8. The predicted molar refractivity (Wildman–Crippen MR) is 87.1 cm³/mol. The molecule has 1 N–H and O–H groups in total. The molecule has 0 aliphatic rings. The molecule has 2 heteroatoms. The van der Waals surface area contributed by atoms with Gasteiger partial charge >= 0.3 is 0 Å². The van der Waals surface area contributed by atoms with Gasteiger partial charge in [0.15, 0.2) is 0 Å². The number of hydrogen-bond acceptors (Lipinski definition) is 2. The molecular weight excluding hydrogens is 258 g/mol. The van der Waals surface area contributed by atoms with E-state index in [1.165, 1.54) is 24.0 Å². The summed E-state index contributed by atoms with van der Waals surface area (Å²) in [6, 6.07) is 14.8. The molecule has 1 atom stereocenters. The SMILES string of the molecule is OCCC(CCCc1ccccc1)CCc1ccncc1. The van der Waals surface area contributed by atoms with Gasteiger partial charge in [-0.25, -0.2) is 0 Å². The van der Waals surface area contributed by atoms with Crippen molar-refractivity contribution in [1.29, 1.82) is 0 Å². The van der Waals surface area contributed by atoms with E-state index in [2.05, 4.69) is 47.4 Å². The van der Waals surface area contributed by atoms with Gasteiger partial charge in [0, 0.05) is 19.0 Å². The van der Waals surface area contributed by atoms with Gasteiger partial charge in [0.1, 0.15) is 0 Å². The third kappa shape index (κ3) is 6.09. The highest BCUT2D eigenvalue weighted by Crippen LogP contribution is 2.19. The van der Waals surface area contributed by atoms with E-state index in [0.717, 1.165) is 25.7 Å². The first-order valence-electron chi connectivity index (χ1n) is 7.92. The van der Waals surface area contributed by atoms with Crippen molar-refractivity contribution in [1.82, 2.24) is 4.98 Å². The minimum atomic E-state index is 0.298. The lowest BCUT2D eigenvalue weighted by Gasteiger charge is -2.15. The van der Waals surface area contributed by atoms with Gasteiger partial charge in [-0.05, 0) is 61.3 Å². The Morgan fingerprint density at radius 2 is 1.52 bits per heavy atom. The molecule has 1 heterocycles. The van der Waals surface area contributed by atoms with Gasteiger partial charge < -0.3 is 5.11 Å². The van der Waals surface area contributed by atoms with Gasteiger partial charge in [-0.2, -0.15) is 0 Å². The molecule has 0 saturated heterocycles. The third-order valence-electron chi connectivity index (χ3n) is 4.05. The molecule has 0 amide bonds. The van der Waals surface area contributed by atoms with Crippen LogP contribution in [-0.2, 0) is 12.8 Å². The van der Waals surface area contributed by atoms with Gasteiger partial charge in [-0.3, -0.25) is 4.98 Å². The zero-order valence-electron chi connectivity index (χ0n) is 12.6. The highest BCUT2D eigenvalue weighted by molar-refractivity contribution is 5.14. The molecule has 0 saturated carbocycles. The summed E-state index contributed by atoms with van der Waals surface area (Å²) in [5.41, 5.74) is 2.75. The Labute approximate surface area is 127 Å². The second kappa shape index (κ2) is 9.30. The van der Waals surface area contributed by atoms with Gasteiger partial charge in [-0.1, -0.05) is 36.8 Å². The number of aliphatic hydroxyl groups excluding tert-OH is 1. The van der Waals surface area contributed by atoms with Crippen LogP contribution < -0.4 is 0 Å². The number of aryl methyl sites for hydroxylation is 2. The van der Waals surface area contributed by atoms with Gasteiger partial charge in [0.2, 0.25) is 0 Å². The molecule has 2 nitrogen and oxygen atoms in total. The molecule has 0 radical (unpaired) electrons. The second-order valence-corrected chi connectivity index (χ2v) is 5.65. The summed E-state index contributed by atoms with van der Waals surface area (Å²) in [4.78, 5) is 4.05. The highest BCUT2D eigenvalue weighted by Gasteiger charge is 2.08. The summed E-state index contributed by atoms with van der Waals surface area (Å²) in [5, 5.41) is 9.24. The topological polar surface area (TPSA) is 33.1 Å². The minimum absolute atomic E-state index is 0.298. The molecule has 2 rings (SSSR count). The van der Waals surface area contributed by atoms with Crippen LogP contribution in [0.25, 0.3) is 0 Å². The standard InChI is InChI=1S/C19H25NO/c21-16-13-18(9-10-19-11-14-20-15-12-19)8-4-7-17-5-2-1-3-6-17/h1-3,5-6,11-12,14-15,18,21H,4,7-10,13,16H2. The fourth-order valence-electron chi connectivity index (χ4n) is 2.78. The van der Waals surface area contributed by atoms with E-state index in [-0.39, 0.29) is 0 Å². The summed E-state index contributed by atoms with van der Waals surface area (Å²) < 4.78 is 0. The largest absolute Gasteiger partial charge is 0.396 e. The Balaban J connectivity index is 1.73. The number of pyridine rings is 1. The van der Waals surface area contributed by atoms with Crippen LogP contribution in [0.5, 0.6) is 0 Å². The summed E-state index contributed by atoms with van der Waals surface area (Å²) >= 11 is 0. The Kier molecular flexibility index (Phi) is 6.96. The van der Waals surface area contributed by atoms with E-state index in [4.69, 9.17) is 0 Å². The lowest BCUT2D eigenvalue weighted by molar-refractivity contribution is 0.245. The fourth-order valence-corrected chi connectivity index (χ4v) is 2.78. The van der Waals surface area contributed by atoms with Crippen LogP contribution in [0.4, 0.5) is 0 Å². The quantitative estimate of drug-likeness (QED) is 0.753. The van der Waals surface area contributed by atoms with E-state index in [1.54, 1.807) is 0 Å². The summed E-state index contributed by atoms with van der Waals surface area (Å²) in [6.45, 7) is 0.298. The Morgan fingerprint density at radius 1 is 0.810 bits per heavy atom. The molecular formula is C19H25NO. The van der Waals surface area contributed by atoms with E-state index >= 15 is 0 Å². The number of aromatic nitrogens is 1. The number of nitrogens with zero attached hydrogens (tertiary/aromatic N) is 1. The first kappa shape index (κ1) is 15.7. The van der Waals surface area contributed by atoms with E-state index in [0.29, 0.717) is 12.5 Å². The summed E-state index contributed by atoms with van der Waals surface area (Å²) in [7, 11) is 0. The van der Waals surface area contributed by atoms with Gasteiger partial charge in [-0.15, -0.1) is 0 Å². The molecule has 21 heavy (non-hydrogen) atoms. The van der Waals surface area contributed by atoms with Gasteiger partial charge in [0.05, 0.1) is 0 Å². The predicted octanol–water partition coefficient (Wildman–Crippen LogP) is 4.04. The van der Waals surface area contributed by atoms with Crippen LogP contribution in [0.1, 0.15) is 36.8 Å². The molecule has 2 aromatic rings. The van der Waals surface area contributed by atoms with E-state index in [9.17, 15) is 5.11 Å². The van der Waals surface area contributed by atoms with Crippen molar-refractivity contribution < 1.29 is 5.11 Å². The minimum Gasteiger partial charge on any atom is -0.396 e. The number of aliphatic hydroxyl groups is 1. The van der Waals surface area contributed by atoms with Crippen LogP contribution in [0, 0.1) is 5.92 Å². The number of benzene rings is 1. The number of rotatable bonds is 9. The smallest absolute Gasteiger partial charge is 0.0433 e. The maximum atomic E-state index is 9.24. The molecule has 112 valence electrons. The van der Waals surface area contributed by atoms with Crippen molar-refractivity contribution in [2.75, 3.05) is 6.61 Å². The molecule has 0 spiro atoms. The molecule has 0 aliphatic heterocycles. The maximum Gasteiger partial charge on any atom is 0.0433 e. The molecule has 1 unspecified atom stereocenters. The van der Waals surface area contributed by atoms with Crippen molar-refractivity contribution in [3.63, 3.8) is 0 Å². The molecule has 1 aromatic heterocycles. The van der Waals surface area contributed by atoms with Gasteiger partial charge in [0.25, 0.3) is 0 Å². The Morgan fingerprint density at radius 3 is 2.24 bits per heavy atom. The summed E-state index contributed by atoms with van der Waals surface area (Å²) in [5.74, 6) is 0.617. The van der Waals surface area contributed by atoms with Crippen LogP contribution in [0.15, 0.2) is 54.9 Å². The zero-order valence-corrected chi connectivity index (χ0v) is 12.6. The van der Waals surface area contributed by atoms with E-state index in [1.807, 2.05) is 12.4 Å². The Bertz CT molecular complexity index is 483. The lowest BCUT2D eigenvalue weighted by atomic mass is 9.91. The van der Waals surface area contributed by atoms with Crippen LogP contribution in [0.3, 0.4) is 0 Å². The molecule has 0 fully saturated rings. The van der Waals surface area contributed by atoms with Crippen molar-refractivity contribution in [3.05, 3.63) is 66.0 Å². The molecule has 0 aliphatic carbocycles. The first-order chi connectivity index (χ1) is 10.4. The van der Waals surface area contributed by atoms with Crippen LogP contribution in [0.2, 0.25) is 0 Å². The monoisotopic (exact) mass is 283 g/mol. The first-order valence-corrected chi connectivity index (χ1v) is 7.92. The maximum absolute atomic E-state index is 9.24. The average molecular weight is 283 g/mol. The third-order valence-corrected chi connectivity index (χ3v) is 4.05. The highest BCUT2D eigenvalue weighted by atomic mass is 16.3. The van der Waals surface area contributed by atoms with Crippen molar-refractivity contribution in [2.24, 2.45) is 5.92 Å². The lowest BCUT2D eigenvalue weighted by Crippen LogP contribution is -2.06. The second-order valence-electron chi connectivity index (χ2n) is 5.65. The Hall–Kier alpha value is -1.67. The number of hydrogen-bond donors (Lipinski definition) is 1. The molecule has 0 bridgehead atoms. The van der Waals surface area contributed by atoms with E-state index < -0.39 is 0 Å². The van der Waals surface area contributed by atoms with Crippen LogP contribution in [-0.4, -0.2) is 16.7 Å². The van der Waals surface area contributed by atoms with Crippen molar-refractivity contribution in [2.45, 2.75) is 38.5 Å². The fraction of sp³-hybridized carbons (Fsp3) is 0.421. The normalized spacial score (nSPS) is 12.2. The molecule has 1 aromatic carbocycles. The average Bonchev–Trinajstić information content (AvgIpc) is 2.54. The van der Waals surface area contributed by atoms with Crippen LogP contribution >= 0.6 is 0 Å². The summed E-state index contributed by atoms with van der Waals surface area (Å²) in [6.07, 6.45) is 10.4. The van der Waals surface area contributed by atoms with Crippen molar-refractivity contribution in [3.8, 4) is 0 Å². The van der Waals surface area contributed by atoms with Crippen molar-refractivity contribution >= 4 is 0 Å².